The highest BCUT2D eigenvalue weighted by atomic mass is 16.7. The molecule has 0 fully saturated rings. The normalized spacial score (nSPS) is 11.0. The van der Waals surface area contributed by atoms with Gasteiger partial charge in [0.05, 0.1) is 25.3 Å². The van der Waals surface area contributed by atoms with Crippen molar-refractivity contribution in [1.29, 1.82) is 0 Å². The molecule has 0 saturated carbocycles. The van der Waals surface area contributed by atoms with Gasteiger partial charge in [-0.2, -0.15) is 0 Å². The van der Waals surface area contributed by atoms with Gasteiger partial charge in [0.25, 0.3) is 0 Å². The minimum atomic E-state index is -0.914. The van der Waals surface area contributed by atoms with Gasteiger partial charge in [-0.1, -0.05) is 60.7 Å². The van der Waals surface area contributed by atoms with Crippen molar-refractivity contribution in [3.8, 4) is 16.9 Å². The maximum atomic E-state index is 12.9. The van der Waals surface area contributed by atoms with Crippen LogP contribution in [-0.4, -0.2) is 57.1 Å². The second kappa shape index (κ2) is 16.3. The van der Waals surface area contributed by atoms with E-state index in [0.29, 0.717) is 43.2 Å². The molecule has 3 N–H and O–H groups in total. The van der Waals surface area contributed by atoms with Crippen LogP contribution in [0.4, 0.5) is 5.69 Å². The van der Waals surface area contributed by atoms with Gasteiger partial charge in [-0.25, -0.2) is 4.79 Å². The maximum absolute atomic E-state index is 12.9. The number of rotatable bonds is 17. The summed E-state index contributed by atoms with van der Waals surface area (Å²) in [5.41, 5.74) is 6.23. The molecule has 0 radical (unpaired) electrons. The zero-order valence-corrected chi connectivity index (χ0v) is 25.8. The lowest BCUT2D eigenvalue weighted by molar-refractivity contribution is -0.00841. The van der Waals surface area contributed by atoms with Gasteiger partial charge in [0.15, 0.2) is 12.6 Å². The third-order valence-corrected chi connectivity index (χ3v) is 7.55. The standard InChI is InChI=1S/C38H38N2O6/c1-44-18-19-45-26-46-36-15-12-31-22-33(9-8-32(31)23-36)37(41)25-39-24-28-5-3-6-30(21-28)29-10-13-35(14-11-29)40-17-16-27-4-2-7-34(20-27)38(42)43/h2-15,20-23,39-40H,16-19,24-26H2,1H3,(H,42,43). The molecule has 0 bridgehead atoms. The lowest BCUT2D eigenvalue weighted by Crippen LogP contribution is -2.22. The van der Waals surface area contributed by atoms with Crippen LogP contribution in [0, 0.1) is 0 Å². The third kappa shape index (κ3) is 9.25. The fraction of sp³-hybridized carbons (Fsp3) is 0.211. The van der Waals surface area contributed by atoms with E-state index in [1.807, 2.05) is 60.7 Å². The predicted molar refractivity (Wildman–Crippen MR) is 181 cm³/mol. The van der Waals surface area contributed by atoms with Gasteiger partial charge in [0.2, 0.25) is 0 Å². The predicted octanol–water partition coefficient (Wildman–Crippen LogP) is 6.83. The molecule has 0 aliphatic carbocycles. The van der Waals surface area contributed by atoms with Crippen LogP contribution in [0.2, 0.25) is 0 Å². The van der Waals surface area contributed by atoms with Crippen LogP contribution in [-0.2, 0) is 22.4 Å². The fourth-order valence-electron chi connectivity index (χ4n) is 5.07. The number of methoxy groups -OCH3 is 1. The Morgan fingerprint density at radius 3 is 2.35 bits per heavy atom. The van der Waals surface area contributed by atoms with Crippen molar-refractivity contribution in [2.75, 3.05) is 45.5 Å². The van der Waals surface area contributed by atoms with Gasteiger partial charge >= 0.3 is 5.97 Å². The quantitative estimate of drug-likeness (QED) is 0.0592. The summed E-state index contributed by atoms with van der Waals surface area (Å²) in [6.45, 7) is 2.65. The highest BCUT2D eigenvalue weighted by Crippen LogP contribution is 2.24. The number of anilines is 1. The molecular weight excluding hydrogens is 580 g/mol. The summed E-state index contributed by atoms with van der Waals surface area (Å²) < 4.78 is 16.0. The monoisotopic (exact) mass is 618 g/mol. The number of ether oxygens (including phenoxy) is 3. The molecule has 5 aromatic rings. The average Bonchev–Trinajstić information content (AvgIpc) is 3.08. The lowest BCUT2D eigenvalue weighted by atomic mass is 10.0. The third-order valence-electron chi connectivity index (χ3n) is 7.55. The smallest absolute Gasteiger partial charge is 0.335 e. The minimum Gasteiger partial charge on any atom is -0.478 e. The van der Waals surface area contributed by atoms with E-state index in [1.165, 1.54) is 0 Å². The molecule has 0 amide bonds. The van der Waals surface area contributed by atoms with Crippen molar-refractivity contribution in [2.24, 2.45) is 0 Å². The van der Waals surface area contributed by atoms with Crippen LogP contribution in [0.3, 0.4) is 0 Å². The number of carboxylic acid groups (broad SMARTS) is 1. The Hall–Kier alpha value is -5.02. The Labute approximate surface area is 268 Å². The molecule has 236 valence electrons. The van der Waals surface area contributed by atoms with Crippen molar-refractivity contribution in [1.82, 2.24) is 5.32 Å². The number of Topliss-reactive ketones (excluding diaryl/α,β-unsaturated/α-hetero) is 1. The van der Waals surface area contributed by atoms with Crippen molar-refractivity contribution in [3.63, 3.8) is 0 Å². The van der Waals surface area contributed by atoms with Gasteiger partial charge in [-0.15, -0.1) is 0 Å². The Balaban J connectivity index is 1.09. The van der Waals surface area contributed by atoms with Crippen molar-refractivity contribution < 1.29 is 28.9 Å². The topological polar surface area (TPSA) is 106 Å². The van der Waals surface area contributed by atoms with E-state index >= 15 is 0 Å². The molecule has 5 aromatic carbocycles. The van der Waals surface area contributed by atoms with Gasteiger partial charge < -0.3 is 30.0 Å². The zero-order chi connectivity index (χ0) is 32.1. The van der Waals surface area contributed by atoms with E-state index in [1.54, 1.807) is 25.3 Å². The number of carbonyl (C=O) groups is 2. The van der Waals surface area contributed by atoms with Gasteiger partial charge in [-0.05, 0) is 88.0 Å². The van der Waals surface area contributed by atoms with E-state index in [2.05, 4.69) is 41.0 Å². The summed E-state index contributed by atoms with van der Waals surface area (Å²) in [6.07, 6.45) is 0.726. The van der Waals surface area contributed by atoms with Crippen LogP contribution < -0.4 is 15.4 Å². The highest BCUT2D eigenvalue weighted by molar-refractivity contribution is 6.01. The number of benzene rings is 5. The summed E-state index contributed by atoms with van der Waals surface area (Å²) >= 11 is 0. The number of nitrogens with one attached hydrogen (secondary N) is 2. The largest absolute Gasteiger partial charge is 0.478 e. The average molecular weight is 619 g/mol. The SMILES string of the molecule is COCCOCOc1ccc2cc(C(=O)CNCc3cccc(-c4ccc(NCCc5cccc(C(=O)O)c5)cc4)c3)ccc2c1. The summed E-state index contributed by atoms with van der Waals surface area (Å²) in [6, 6.07) is 35.0. The molecule has 0 aliphatic rings. The first-order chi connectivity index (χ1) is 22.5. The molecule has 0 saturated heterocycles. The van der Waals surface area contributed by atoms with Crippen LogP contribution in [0.25, 0.3) is 21.9 Å². The number of hydrogen-bond donors (Lipinski definition) is 3. The number of fused-ring (bicyclic) bond motifs is 1. The van der Waals surface area contributed by atoms with Gasteiger partial charge in [0.1, 0.15) is 5.75 Å². The summed E-state index contributed by atoms with van der Waals surface area (Å²) in [7, 11) is 1.63. The summed E-state index contributed by atoms with van der Waals surface area (Å²) in [5, 5.41) is 17.8. The van der Waals surface area contributed by atoms with Crippen LogP contribution in [0.1, 0.15) is 31.8 Å². The molecule has 8 nitrogen and oxygen atoms in total. The van der Waals surface area contributed by atoms with Gasteiger partial charge in [0, 0.05) is 31.5 Å². The highest BCUT2D eigenvalue weighted by Gasteiger charge is 2.09. The molecule has 0 aromatic heterocycles. The van der Waals surface area contributed by atoms with Crippen LogP contribution >= 0.6 is 0 Å². The summed E-state index contributed by atoms with van der Waals surface area (Å²) in [5.74, 6) is -0.177. The first-order valence-corrected chi connectivity index (χ1v) is 15.2. The Morgan fingerprint density at radius 2 is 1.52 bits per heavy atom. The van der Waals surface area contributed by atoms with E-state index < -0.39 is 5.97 Å². The molecular formula is C38H38N2O6. The van der Waals surface area contributed by atoms with Crippen LogP contribution in [0.15, 0.2) is 109 Å². The molecule has 5 rings (SSSR count). The molecule has 0 heterocycles. The molecule has 0 spiro atoms. The van der Waals surface area contributed by atoms with E-state index in [9.17, 15) is 14.7 Å². The minimum absolute atomic E-state index is 0.0302. The Kier molecular flexibility index (Phi) is 11.5. The second-order valence-electron chi connectivity index (χ2n) is 10.9. The van der Waals surface area contributed by atoms with Crippen LogP contribution in [0.5, 0.6) is 5.75 Å². The number of aromatic carboxylic acids is 1. The zero-order valence-electron chi connectivity index (χ0n) is 25.8. The second-order valence-corrected chi connectivity index (χ2v) is 10.9. The molecule has 46 heavy (non-hydrogen) atoms. The Morgan fingerprint density at radius 1 is 0.739 bits per heavy atom. The summed E-state index contributed by atoms with van der Waals surface area (Å²) in [4.78, 5) is 24.1. The van der Waals surface area contributed by atoms with Gasteiger partial charge in [-0.3, -0.25) is 4.79 Å². The number of ketones is 1. The molecule has 0 unspecified atom stereocenters. The van der Waals surface area contributed by atoms with Crippen molar-refractivity contribution >= 4 is 28.2 Å². The fourth-order valence-corrected chi connectivity index (χ4v) is 5.07. The first kappa shape index (κ1) is 32.4. The number of carbonyl (C=O) groups excluding carboxylic acids is 1. The number of carboxylic acids is 1. The first-order valence-electron chi connectivity index (χ1n) is 15.2. The molecule has 8 heteroatoms. The number of hydrogen-bond acceptors (Lipinski definition) is 7. The molecule has 0 atom stereocenters. The lowest BCUT2D eigenvalue weighted by Gasteiger charge is -2.10. The maximum Gasteiger partial charge on any atom is 0.335 e. The van der Waals surface area contributed by atoms with E-state index in [4.69, 9.17) is 14.2 Å². The van der Waals surface area contributed by atoms with E-state index in [-0.39, 0.29) is 19.1 Å². The van der Waals surface area contributed by atoms with Crippen molar-refractivity contribution in [3.05, 3.63) is 131 Å². The van der Waals surface area contributed by atoms with Crippen molar-refractivity contribution in [2.45, 2.75) is 13.0 Å². The van der Waals surface area contributed by atoms with E-state index in [0.717, 1.165) is 45.1 Å². The Bertz CT molecular complexity index is 1770. The molecule has 0 aliphatic heterocycles.